The first-order valence-electron chi connectivity index (χ1n) is 6.67. The van der Waals surface area contributed by atoms with E-state index in [0.717, 1.165) is 21.8 Å². The Labute approximate surface area is 137 Å². The van der Waals surface area contributed by atoms with Crippen LogP contribution in [-0.4, -0.2) is 10.2 Å². The molecule has 0 atom stereocenters. The van der Waals surface area contributed by atoms with Crippen molar-refractivity contribution in [2.45, 2.75) is 10.8 Å². The highest BCUT2D eigenvalue weighted by Gasteiger charge is 2.03. The summed E-state index contributed by atoms with van der Waals surface area (Å²) in [5.41, 5.74) is 2.69. The van der Waals surface area contributed by atoms with Crippen molar-refractivity contribution >= 4 is 23.4 Å². The van der Waals surface area contributed by atoms with Crippen LogP contribution in [0.5, 0.6) is 0 Å². The van der Waals surface area contributed by atoms with Crippen molar-refractivity contribution in [3.05, 3.63) is 77.1 Å². The second-order valence-electron chi connectivity index (χ2n) is 4.68. The minimum Gasteiger partial charge on any atom is -0.207 e. The maximum atomic E-state index is 13.1. The van der Waals surface area contributed by atoms with E-state index in [9.17, 15) is 4.39 Å². The van der Waals surface area contributed by atoms with Gasteiger partial charge in [-0.1, -0.05) is 47.6 Å². The lowest BCUT2D eigenvalue weighted by Gasteiger charge is -2.03. The van der Waals surface area contributed by atoms with Crippen LogP contribution in [0.1, 0.15) is 5.56 Å². The summed E-state index contributed by atoms with van der Waals surface area (Å²) in [7, 11) is 0. The van der Waals surface area contributed by atoms with Gasteiger partial charge in [0.1, 0.15) is 10.8 Å². The highest BCUT2D eigenvalue weighted by molar-refractivity contribution is 7.98. The predicted molar refractivity (Wildman–Crippen MR) is 88.4 cm³/mol. The number of aromatic nitrogens is 2. The minimum atomic E-state index is -0.220. The van der Waals surface area contributed by atoms with E-state index in [2.05, 4.69) is 10.2 Å². The number of hydrogen-bond acceptors (Lipinski definition) is 3. The number of benzene rings is 2. The third kappa shape index (κ3) is 3.84. The quantitative estimate of drug-likeness (QED) is 0.613. The summed E-state index contributed by atoms with van der Waals surface area (Å²) in [4.78, 5) is 0. The second kappa shape index (κ2) is 6.90. The van der Waals surface area contributed by atoms with E-state index in [-0.39, 0.29) is 5.82 Å². The summed E-state index contributed by atoms with van der Waals surface area (Å²) in [6.45, 7) is 0. The van der Waals surface area contributed by atoms with Gasteiger partial charge in [0.2, 0.25) is 0 Å². The van der Waals surface area contributed by atoms with Crippen LogP contribution in [0.25, 0.3) is 11.3 Å². The van der Waals surface area contributed by atoms with Gasteiger partial charge < -0.3 is 0 Å². The third-order valence-electron chi connectivity index (χ3n) is 3.06. The molecule has 5 heteroatoms. The van der Waals surface area contributed by atoms with Gasteiger partial charge in [0.15, 0.2) is 0 Å². The number of rotatable bonds is 4. The fraction of sp³-hybridized carbons (Fsp3) is 0.0588. The molecule has 0 aliphatic heterocycles. The van der Waals surface area contributed by atoms with Crippen molar-refractivity contribution in [2.24, 2.45) is 0 Å². The Morgan fingerprint density at radius 2 is 1.77 bits per heavy atom. The van der Waals surface area contributed by atoms with Crippen molar-refractivity contribution in [3.8, 4) is 11.3 Å². The molecule has 2 nitrogen and oxygen atoms in total. The maximum Gasteiger partial charge on any atom is 0.123 e. The zero-order valence-corrected chi connectivity index (χ0v) is 13.1. The largest absolute Gasteiger partial charge is 0.207 e. The van der Waals surface area contributed by atoms with Crippen LogP contribution in [0.2, 0.25) is 5.02 Å². The molecule has 22 heavy (non-hydrogen) atoms. The highest BCUT2D eigenvalue weighted by atomic mass is 35.5. The van der Waals surface area contributed by atoms with Crippen LogP contribution in [0, 0.1) is 5.82 Å². The summed E-state index contributed by atoms with van der Waals surface area (Å²) in [6, 6.07) is 17.9. The monoisotopic (exact) mass is 330 g/mol. The van der Waals surface area contributed by atoms with E-state index in [1.54, 1.807) is 6.07 Å². The van der Waals surface area contributed by atoms with Crippen LogP contribution in [0.15, 0.2) is 65.7 Å². The summed E-state index contributed by atoms with van der Waals surface area (Å²) in [5.74, 6) is 0.439. The number of hydrogen-bond donors (Lipinski definition) is 0. The molecule has 3 rings (SSSR count). The lowest BCUT2D eigenvalue weighted by molar-refractivity contribution is 0.626. The molecular weight excluding hydrogens is 319 g/mol. The molecule has 3 aromatic rings. The van der Waals surface area contributed by atoms with Crippen LogP contribution in [-0.2, 0) is 5.75 Å². The molecule has 0 saturated carbocycles. The third-order valence-corrected chi connectivity index (χ3v) is 4.30. The molecule has 0 saturated heterocycles. The van der Waals surface area contributed by atoms with Gasteiger partial charge in [-0.25, -0.2) is 4.39 Å². The Morgan fingerprint density at radius 3 is 2.45 bits per heavy atom. The average Bonchev–Trinajstić information content (AvgIpc) is 2.54. The molecule has 1 heterocycles. The predicted octanol–water partition coefficient (Wildman–Crippen LogP) is 5.23. The number of halogens is 2. The van der Waals surface area contributed by atoms with Gasteiger partial charge in [-0.05, 0) is 42.0 Å². The summed E-state index contributed by atoms with van der Waals surface area (Å²) in [6.07, 6.45) is 0. The van der Waals surface area contributed by atoms with Crippen molar-refractivity contribution < 1.29 is 4.39 Å². The SMILES string of the molecule is Fc1cccc(CSc2ccc(-c3ccc(Cl)cc3)nn2)c1. The highest BCUT2D eigenvalue weighted by Crippen LogP contribution is 2.23. The zero-order valence-electron chi connectivity index (χ0n) is 11.5. The number of nitrogens with zero attached hydrogens (tertiary/aromatic N) is 2. The summed E-state index contributed by atoms with van der Waals surface area (Å²) in [5, 5.41) is 9.92. The first kappa shape index (κ1) is 15.0. The summed E-state index contributed by atoms with van der Waals surface area (Å²) < 4.78 is 13.1. The maximum absolute atomic E-state index is 13.1. The van der Waals surface area contributed by atoms with Gasteiger partial charge in [0, 0.05) is 16.3 Å². The minimum absolute atomic E-state index is 0.220. The second-order valence-corrected chi connectivity index (χ2v) is 6.11. The van der Waals surface area contributed by atoms with Gasteiger partial charge in [-0.15, -0.1) is 10.2 Å². The van der Waals surface area contributed by atoms with Crippen LogP contribution in [0.3, 0.4) is 0 Å². The van der Waals surface area contributed by atoms with Crippen molar-refractivity contribution in [1.82, 2.24) is 10.2 Å². The van der Waals surface area contributed by atoms with Gasteiger partial charge in [-0.3, -0.25) is 0 Å². The zero-order chi connectivity index (χ0) is 15.4. The van der Waals surface area contributed by atoms with Crippen molar-refractivity contribution in [1.29, 1.82) is 0 Å². The molecule has 0 fully saturated rings. The molecule has 0 aliphatic carbocycles. The van der Waals surface area contributed by atoms with Gasteiger partial charge >= 0.3 is 0 Å². The van der Waals surface area contributed by atoms with E-state index < -0.39 is 0 Å². The molecule has 1 aromatic heterocycles. The van der Waals surface area contributed by atoms with Gasteiger partial charge in [0.05, 0.1) is 5.69 Å². The Bertz CT molecular complexity index is 760. The lowest BCUT2D eigenvalue weighted by atomic mass is 10.1. The van der Waals surface area contributed by atoms with Gasteiger partial charge in [0.25, 0.3) is 0 Å². The van der Waals surface area contributed by atoms with E-state index in [1.807, 2.05) is 42.5 Å². The molecule has 110 valence electrons. The van der Waals surface area contributed by atoms with E-state index in [4.69, 9.17) is 11.6 Å². The van der Waals surface area contributed by atoms with Crippen LogP contribution in [0.4, 0.5) is 4.39 Å². The molecule has 0 radical (unpaired) electrons. The Balaban J connectivity index is 1.68. The molecule has 0 N–H and O–H groups in total. The topological polar surface area (TPSA) is 25.8 Å². The van der Waals surface area contributed by atoms with E-state index >= 15 is 0 Å². The molecule has 0 unspecified atom stereocenters. The summed E-state index contributed by atoms with van der Waals surface area (Å²) >= 11 is 7.40. The molecule has 0 spiro atoms. The van der Waals surface area contributed by atoms with E-state index in [0.29, 0.717) is 10.8 Å². The fourth-order valence-electron chi connectivity index (χ4n) is 1.96. The molecule has 0 amide bonds. The first-order chi connectivity index (χ1) is 10.7. The van der Waals surface area contributed by atoms with E-state index in [1.165, 1.54) is 23.9 Å². The Kier molecular flexibility index (Phi) is 4.71. The van der Waals surface area contributed by atoms with Crippen molar-refractivity contribution in [2.75, 3.05) is 0 Å². The Morgan fingerprint density at radius 1 is 0.955 bits per heavy atom. The van der Waals surface area contributed by atoms with Gasteiger partial charge in [-0.2, -0.15) is 0 Å². The average molecular weight is 331 g/mol. The van der Waals surface area contributed by atoms with Crippen LogP contribution >= 0.6 is 23.4 Å². The smallest absolute Gasteiger partial charge is 0.123 e. The number of thioether (sulfide) groups is 1. The molecule has 2 aromatic carbocycles. The standard InChI is InChI=1S/C17H12ClFN2S/c18-14-6-4-13(5-7-14)16-8-9-17(21-20-16)22-11-12-2-1-3-15(19)10-12/h1-10H,11H2. The fourth-order valence-corrected chi connectivity index (χ4v) is 2.84. The molecular formula is C17H12ClFN2S. The Hall–Kier alpha value is -1.91. The molecule has 0 aliphatic rings. The lowest BCUT2D eigenvalue weighted by Crippen LogP contribution is -1.90. The first-order valence-corrected chi connectivity index (χ1v) is 8.04. The molecule has 0 bridgehead atoms. The van der Waals surface area contributed by atoms with Crippen LogP contribution < -0.4 is 0 Å². The van der Waals surface area contributed by atoms with Crippen molar-refractivity contribution in [3.63, 3.8) is 0 Å². The normalized spacial score (nSPS) is 10.6.